The third-order valence-electron chi connectivity index (χ3n) is 3.40. The summed E-state index contributed by atoms with van der Waals surface area (Å²) in [6.07, 6.45) is 1.58. The molecule has 0 saturated carbocycles. The van der Waals surface area contributed by atoms with E-state index in [-0.39, 0.29) is 18.0 Å². The number of allylic oxidation sites excluding steroid dienone is 2. The van der Waals surface area contributed by atoms with Gasteiger partial charge in [-0.15, -0.1) is 0 Å². The SMILES string of the molecule is O=C(COC(=O)C[C@H]1C=CCC1)Nc1ccc(C(F)(F)F)cc1. The molecular formula is C16H16F3NO3. The second kappa shape index (κ2) is 7.30. The molecule has 2 rings (SSSR count). The highest BCUT2D eigenvalue weighted by atomic mass is 19.4. The van der Waals surface area contributed by atoms with Gasteiger partial charge < -0.3 is 10.1 Å². The number of hydrogen-bond donors (Lipinski definition) is 1. The van der Waals surface area contributed by atoms with Crippen LogP contribution in [0.2, 0.25) is 0 Å². The van der Waals surface area contributed by atoms with Gasteiger partial charge in [-0.25, -0.2) is 0 Å². The van der Waals surface area contributed by atoms with E-state index in [1.807, 2.05) is 12.2 Å². The summed E-state index contributed by atoms with van der Waals surface area (Å²) in [5, 5.41) is 2.37. The van der Waals surface area contributed by atoms with Gasteiger partial charge in [0.2, 0.25) is 0 Å². The predicted octanol–water partition coefficient (Wildman–Crippen LogP) is 3.54. The Morgan fingerprint density at radius 3 is 2.48 bits per heavy atom. The smallest absolute Gasteiger partial charge is 0.416 e. The van der Waals surface area contributed by atoms with Gasteiger partial charge in [0.1, 0.15) is 0 Å². The number of carbonyl (C=O) groups is 2. The van der Waals surface area contributed by atoms with E-state index in [9.17, 15) is 22.8 Å². The number of rotatable bonds is 5. The third kappa shape index (κ3) is 5.43. The van der Waals surface area contributed by atoms with Crippen molar-refractivity contribution in [2.45, 2.75) is 25.4 Å². The van der Waals surface area contributed by atoms with E-state index in [2.05, 4.69) is 5.32 Å². The molecule has 124 valence electrons. The highest BCUT2D eigenvalue weighted by Gasteiger charge is 2.30. The van der Waals surface area contributed by atoms with E-state index in [1.165, 1.54) is 0 Å². The van der Waals surface area contributed by atoms with Crippen LogP contribution in [0.3, 0.4) is 0 Å². The Kier molecular flexibility index (Phi) is 5.41. The normalized spacial score (nSPS) is 17.1. The summed E-state index contributed by atoms with van der Waals surface area (Å²) in [6, 6.07) is 4.03. The zero-order valence-electron chi connectivity index (χ0n) is 12.2. The Morgan fingerprint density at radius 2 is 1.91 bits per heavy atom. The Balaban J connectivity index is 1.76. The second-order valence-corrected chi connectivity index (χ2v) is 5.25. The molecule has 1 amide bonds. The standard InChI is InChI=1S/C16H16F3NO3/c17-16(18,19)12-5-7-13(8-6-12)20-14(21)10-23-15(22)9-11-3-1-2-4-11/h1,3,5-8,11H,2,4,9-10H2,(H,20,21)/t11-/m0/s1. The minimum absolute atomic E-state index is 0.153. The molecule has 1 N–H and O–H groups in total. The van der Waals surface area contributed by atoms with Crippen molar-refractivity contribution < 1.29 is 27.5 Å². The highest BCUT2D eigenvalue weighted by molar-refractivity contribution is 5.92. The third-order valence-corrected chi connectivity index (χ3v) is 3.40. The maximum Gasteiger partial charge on any atom is 0.416 e. The molecule has 0 bridgehead atoms. The van der Waals surface area contributed by atoms with Crippen LogP contribution in [0.15, 0.2) is 36.4 Å². The maximum atomic E-state index is 12.4. The topological polar surface area (TPSA) is 55.4 Å². The first-order valence-electron chi connectivity index (χ1n) is 7.14. The van der Waals surface area contributed by atoms with Crippen LogP contribution in [-0.2, 0) is 20.5 Å². The second-order valence-electron chi connectivity index (χ2n) is 5.25. The molecule has 0 aromatic heterocycles. The van der Waals surface area contributed by atoms with E-state index in [4.69, 9.17) is 4.74 Å². The quantitative estimate of drug-likeness (QED) is 0.665. The molecule has 4 nitrogen and oxygen atoms in total. The summed E-state index contributed by atoms with van der Waals surface area (Å²) in [6.45, 7) is -0.462. The van der Waals surface area contributed by atoms with Gasteiger partial charge in [-0.3, -0.25) is 9.59 Å². The van der Waals surface area contributed by atoms with E-state index in [0.717, 1.165) is 37.1 Å². The fraction of sp³-hybridized carbons (Fsp3) is 0.375. The van der Waals surface area contributed by atoms with E-state index in [0.29, 0.717) is 0 Å². The summed E-state index contributed by atoms with van der Waals surface area (Å²) < 4.78 is 42.1. The number of nitrogens with one attached hydrogen (secondary N) is 1. The molecule has 0 saturated heterocycles. The first-order chi connectivity index (χ1) is 10.8. The average molecular weight is 327 g/mol. The van der Waals surface area contributed by atoms with Gasteiger partial charge in [0.25, 0.3) is 5.91 Å². The lowest BCUT2D eigenvalue weighted by Gasteiger charge is -2.10. The Bertz CT molecular complexity index is 594. The van der Waals surface area contributed by atoms with Crippen molar-refractivity contribution in [3.63, 3.8) is 0 Å². The van der Waals surface area contributed by atoms with Crippen LogP contribution in [-0.4, -0.2) is 18.5 Å². The average Bonchev–Trinajstić information content (AvgIpc) is 2.98. The lowest BCUT2D eigenvalue weighted by Crippen LogP contribution is -2.21. The minimum Gasteiger partial charge on any atom is -0.456 e. The number of benzene rings is 1. The van der Waals surface area contributed by atoms with Gasteiger partial charge in [0.05, 0.1) is 12.0 Å². The van der Waals surface area contributed by atoms with Crippen molar-refractivity contribution in [2.24, 2.45) is 5.92 Å². The summed E-state index contributed by atoms with van der Waals surface area (Å²) in [7, 11) is 0. The number of halogens is 3. The lowest BCUT2D eigenvalue weighted by atomic mass is 10.1. The number of ether oxygens (including phenoxy) is 1. The largest absolute Gasteiger partial charge is 0.456 e. The minimum atomic E-state index is -4.42. The fourth-order valence-electron chi connectivity index (χ4n) is 2.22. The van der Waals surface area contributed by atoms with Crippen molar-refractivity contribution in [3.8, 4) is 0 Å². The molecule has 1 aliphatic carbocycles. The van der Waals surface area contributed by atoms with Crippen molar-refractivity contribution >= 4 is 17.6 Å². The first kappa shape index (κ1) is 17.1. The molecule has 0 aliphatic heterocycles. The number of hydrogen-bond acceptors (Lipinski definition) is 3. The molecule has 0 unspecified atom stereocenters. The van der Waals surface area contributed by atoms with Crippen LogP contribution >= 0.6 is 0 Å². The summed E-state index contributed by atoms with van der Waals surface area (Å²) >= 11 is 0. The molecule has 1 aliphatic rings. The van der Waals surface area contributed by atoms with Gasteiger partial charge in [-0.2, -0.15) is 13.2 Å². The molecule has 0 spiro atoms. The zero-order valence-corrected chi connectivity index (χ0v) is 12.2. The van der Waals surface area contributed by atoms with Crippen LogP contribution in [0, 0.1) is 5.92 Å². The molecule has 23 heavy (non-hydrogen) atoms. The van der Waals surface area contributed by atoms with Crippen molar-refractivity contribution in [1.82, 2.24) is 0 Å². The molecule has 7 heteroatoms. The van der Waals surface area contributed by atoms with E-state index >= 15 is 0 Å². The number of carbonyl (C=O) groups excluding carboxylic acids is 2. The molecular weight excluding hydrogens is 311 g/mol. The molecule has 1 atom stereocenters. The Labute approximate surface area is 131 Å². The summed E-state index contributed by atoms with van der Waals surface area (Å²) in [5.41, 5.74) is -0.593. The van der Waals surface area contributed by atoms with Crippen LogP contribution in [0.25, 0.3) is 0 Å². The first-order valence-corrected chi connectivity index (χ1v) is 7.14. The monoisotopic (exact) mass is 327 g/mol. The maximum absolute atomic E-state index is 12.4. The highest BCUT2D eigenvalue weighted by Crippen LogP contribution is 2.29. The predicted molar refractivity (Wildman–Crippen MR) is 77.5 cm³/mol. The van der Waals surface area contributed by atoms with Crippen molar-refractivity contribution in [3.05, 3.63) is 42.0 Å². The number of amides is 1. The lowest BCUT2D eigenvalue weighted by molar-refractivity contribution is -0.148. The van der Waals surface area contributed by atoms with Crippen LogP contribution in [0.1, 0.15) is 24.8 Å². The van der Waals surface area contributed by atoms with Gasteiger partial charge in [0, 0.05) is 5.69 Å². The van der Waals surface area contributed by atoms with Crippen LogP contribution < -0.4 is 5.32 Å². The van der Waals surface area contributed by atoms with E-state index < -0.39 is 30.2 Å². The molecule has 1 aromatic carbocycles. The molecule has 1 aromatic rings. The van der Waals surface area contributed by atoms with Crippen molar-refractivity contribution in [2.75, 3.05) is 11.9 Å². The van der Waals surface area contributed by atoms with Crippen LogP contribution in [0.5, 0.6) is 0 Å². The van der Waals surface area contributed by atoms with Gasteiger partial charge in [-0.1, -0.05) is 12.2 Å². The number of anilines is 1. The van der Waals surface area contributed by atoms with Gasteiger partial charge in [0.15, 0.2) is 6.61 Å². The number of alkyl halides is 3. The molecule has 0 fully saturated rings. The molecule has 0 radical (unpaired) electrons. The summed E-state index contributed by atoms with van der Waals surface area (Å²) in [4.78, 5) is 23.2. The fourth-order valence-corrected chi connectivity index (χ4v) is 2.22. The van der Waals surface area contributed by atoms with Crippen LogP contribution in [0.4, 0.5) is 18.9 Å². The number of esters is 1. The Morgan fingerprint density at radius 1 is 1.22 bits per heavy atom. The Hall–Kier alpha value is -2.31. The summed E-state index contributed by atoms with van der Waals surface area (Å²) in [5.74, 6) is -0.912. The zero-order chi connectivity index (χ0) is 16.9. The van der Waals surface area contributed by atoms with Crippen molar-refractivity contribution in [1.29, 1.82) is 0 Å². The van der Waals surface area contributed by atoms with Gasteiger partial charge >= 0.3 is 12.1 Å². The molecule has 0 heterocycles. The van der Waals surface area contributed by atoms with Gasteiger partial charge in [-0.05, 0) is 43.0 Å². The van der Waals surface area contributed by atoms with E-state index in [1.54, 1.807) is 0 Å².